The Balaban J connectivity index is 1.32. The van der Waals surface area contributed by atoms with Crippen molar-refractivity contribution >= 4 is 5.91 Å². The summed E-state index contributed by atoms with van der Waals surface area (Å²) in [5, 5.41) is 3.01. The van der Waals surface area contributed by atoms with E-state index < -0.39 is 0 Å². The second kappa shape index (κ2) is 10.3. The molecule has 1 amide bonds. The van der Waals surface area contributed by atoms with Gasteiger partial charge in [0.05, 0.1) is 6.61 Å². The van der Waals surface area contributed by atoms with Crippen LogP contribution in [0.1, 0.15) is 36.8 Å². The smallest absolute Gasteiger partial charge is 0.257 e. The van der Waals surface area contributed by atoms with E-state index in [4.69, 9.17) is 13.9 Å². The number of ether oxygens (including phenoxy) is 2. The first-order valence-corrected chi connectivity index (χ1v) is 10.4. The van der Waals surface area contributed by atoms with Gasteiger partial charge in [-0.25, -0.2) is 0 Å². The van der Waals surface area contributed by atoms with Crippen LogP contribution >= 0.6 is 0 Å². The molecule has 0 radical (unpaired) electrons. The van der Waals surface area contributed by atoms with Crippen LogP contribution in [0.5, 0.6) is 11.5 Å². The van der Waals surface area contributed by atoms with E-state index in [0.29, 0.717) is 24.8 Å². The van der Waals surface area contributed by atoms with Gasteiger partial charge in [0.1, 0.15) is 23.0 Å². The third kappa shape index (κ3) is 6.53. The number of furan rings is 1. The Hall–Kier alpha value is -2.47. The first kappa shape index (κ1) is 21.2. The van der Waals surface area contributed by atoms with E-state index in [1.165, 1.54) is 5.56 Å². The van der Waals surface area contributed by atoms with Crippen molar-refractivity contribution in [2.45, 2.75) is 40.2 Å². The number of hydrogen-bond donors (Lipinski definition) is 1. The van der Waals surface area contributed by atoms with E-state index >= 15 is 0 Å². The molecule has 6 heteroatoms. The van der Waals surface area contributed by atoms with Crippen LogP contribution in [0.15, 0.2) is 34.7 Å². The first-order chi connectivity index (χ1) is 14.0. The van der Waals surface area contributed by atoms with Gasteiger partial charge in [0.15, 0.2) is 6.61 Å². The zero-order valence-corrected chi connectivity index (χ0v) is 17.7. The third-order valence-electron chi connectivity index (χ3n) is 5.34. The molecule has 1 fully saturated rings. The van der Waals surface area contributed by atoms with Crippen molar-refractivity contribution < 1.29 is 18.7 Å². The third-order valence-corrected chi connectivity index (χ3v) is 5.34. The normalized spacial score (nSPS) is 15.3. The van der Waals surface area contributed by atoms with Crippen molar-refractivity contribution in [2.75, 3.05) is 32.8 Å². The van der Waals surface area contributed by atoms with E-state index in [0.717, 1.165) is 49.7 Å². The summed E-state index contributed by atoms with van der Waals surface area (Å²) in [6.45, 7) is 10.4. The van der Waals surface area contributed by atoms with Gasteiger partial charge < -0.3 is 19.2 Å². The molecule has 2 heterocycles. The average molecular weight is 401 g/mol. The number of aryl methyl sites for hydroxylation is 2. The predicted octanol–water partition coefficient (Wildman–Crippen LogP) is 3.70. The van der Waals surface area contributed by atoms with E-state index in [-0.39, 0.29) is 12.5 Å². The van der Waals surface area contributed by atoms with E-state index in [9.17, 15) is 4.79 Å². The summed E-state index contributed by atoms with van der Waals surface area (Å²) >= 11 is 0. The predicted molar refractivity (Wildman–Crippen MR) is 112 cm³/mol. The van der Waals surface area contributed by atoms with Gasteiger partial charge in [0, 0.05) is 18.7 Å². The van der Waals surface area contributed by atoms with Crippen LogP contribution in [0.4, 0.5) is 0 Å². The number of benzene rings is 1. The summed E-state index contributed by atoms with van der Waals surface area (Å²) in [6.07, 6.45) is 2.19. The van der Waals surface area contributed by atoms with Crippen LogP contribution in [0, 0.1) is 19.8 Å². The summed E-state index contributed by atoms with van der Waals surface area (Å²) in [5.74, 6) is 3.90. The van der Waals surface area contributed by atoms with Crippen molar-refractivity contribution in [3.63, 3.8) is 0 Å². The molecule has 1 aromatic carbocycles. The molecular formula is C23H32N2O4. The van der Waals surface area contributed by atoms with Gasteiger partial charge >= 0.3 is 0 Å². The van der Waals surface area contributed by atoms with Crippen LogP contribution in [-0.2, 0) is 11.3 Å². The Morgan fingerprint density at radius 2 is 1.79 bits per heavy atom. The molecule has 0 bridgehead atoms. The molecule has 1 aliphatic rings. The summed E-state index contributed by atoms with van der Waals surface area (Å²) in [4.78, 5) is 14.6. The summed E-state index contributed by atoms with van der Waals surface area (Å²) < 4.78 is 16.6. The lowest BCUT2D eigenvalue weighted by Gasteiger charge is -2.31. The molecule has 0 unspecified atom stereocenters. The molecule has 158 valence electrons. The average Bonchev–Trinajstić information content (AvgIpc) is 3.04. The standard InChI is InChI=1S/C23H32N2O4/c1-4-27-21-5-7-22(8-6-21)28-16-23(26)24-14-19-9-11-25(12-10-19)15-20-13-17(2)29-18(20)3/h5-8,13,19H,4,9-12,14-16H2,1-3H3,(H,24,26). The van der Waals surface area contributed by atoms with Crippen LogP contribution in [0.2, 0.25) is 0 Å². The first-order valence-electron chi connectivity index (χ1n) is 10.4. The van der Waals surface area contributed by atoms with E-state index in [2.05, 4.69) is 16.3 Å². The van der Waals surface area contributed by atoms with Crippen molar-refractivity contribution in [1.82, 2.24) is 10.2 Å². The molecule has 0 atom stereocenters. The quantitative estimate of drug-likeness (QED) is 0.695. The molecule has 1 aromatic heterocycles. The van der Waals surface area contributed by atoms with Crippen molar-refractivity contribution in [3.05, 3.63) is 47.4 Å². The van der Waals surface area contributed by atoms with Crippen LogP contribution in [0.25, 0.3) is 0 Å². The van der Waals surface area contributed by atoms with Crippen molar-refractivity contribution in [2.24, 2.45) is 5.92 Å². The SMILES string of the molecule is CCOc1ccc(OCC(=O)NCC2CCN(Cc3cc(C)oc3C)CC2)cc1. The number of nitrogens with one attached hydrogen (secondary N) is 1. The maximum absolute atomic E-state index is 12.1. The van der Waals surface area contributed by atoms with Crippen molar-refractivity contribution in [3.8, 4) is 11.5 Å². The monoisotopic (exact) mass is 400 g/mol. The molecule has 1 N–H and O–H groups in total. The molecule has 1 aliphatic heterocycles. The van der Waals surface area contributed by atoms with Gasteiger partial charge in [-0.3, -0.25) is 9.69 Å². The number of nitrogens with zero attached hydrogens (tertiary/aromatic N) is 1. The Morgan fingerprint density at radius 3 is 2.38 bits per heavy atom. The number of amides is 1. The summed E-state index contributed by atoms with van der Waals surface area (Å²) in [7, 11) is 0. The highest BCUT2D eigenvalue weighted by molar-refractivity contribution is 5.77. The maximum Gasteiger partial charge on any atom is 0.257 e. The summed E-state index contributed by atoms with van der Waals surface area (Å²) in [6, 6.07) is 9.45. The van der Waals surface area contributed by atoms with Gasteiger partial charge in [-0.2, -0.15) is 0 Å². The topological polar surface area (TPSA) is 63.9 Å². The van der Waals surface area contributed by atoms with Crippen LogP contribution in [0.3, 0.4) is 0 Å². The number of hydrogen-bond acceptors (Lipinski definition) is 5. The number of carbonyl (C=O) groups is 1. The van der Waals surface area contributed by atoms with Crippen LogP contribution < -0.4 is 14.8 Å². The van der Waals surface area contributed by atoms with Crippen molar-refractivity contribution in [1.29, 1.82) is 0 Å². The highest BCUT2D eigenvalue weighted by Crippen LogP contribution is 2.21. The summed E-state index contributed by atoms with van der Waals surface area (Å²) in [5.41, 5.74) is 1.28. The zero-order valence-electron chi connectivity index (χ0n) is 17.7. The molecule has 0 saturated carbocycles. The number of piperidine rings is 1. The Kier molecular flexibility index (Phi) is 7.58. The largest absolute Gasteiger partial charge is 0.494 e. The molecular weight excluding hydrogens is 368 g/mol. The molecule has 6 nitrogen and oxygen atoms in total. The molecule has 0 spiro atoms. The number of carbonyl (C=O) groups excluding carboxylic acids is 1. The van der Waals surface area contributed by atoms with Crippen LogP contribution in [-0.4, -0.2) is 43.7 Å². The minimum absolute atomic E-state index is 0.0337. The minimum atomic E-state index is -0.0780. The Labute approximate surface area is 173 Å². The number of rotatable bonds is 9. The Morgan fingerprint density at radius 1 is 1.14 bits per heavy atom. The van der Waals surface area contributed by atoms with Gasteiger partial charge in [-0.05, 0) is 83.0 Å². The lowest BCUT2D eigenvalue weighted by atomic mass is 9.96. The second-order valence-corrected chi connectivity index (χ2v) is 7.66. The van der Waals surface area contributed by atoms with Gasteiger partial charge in [0.25, 0.3) is 5.91 Å². The molecule has 2 aromatic rings. The lowest BCUT2D eigenvalue weighted by molar-refractivity contribution is -0.123. The fourth-order valence-corrected chi connectivity index (χ4v) is 3.69. The lowest BCUT2D eigenvalue weighted by Crippen LogP contribution is -2.39. The zero-order chi connectivity index (χ0) is 20.6. The molecule has 3 rings (SSSR count). The van der Waals surface area contributed by atoms with E-state index in [1.54, 1.807) is 0 Å². The minimum Gasteiger partial charge on any atom is -0.494 e. The van der Waals surface area contributed by atoms with Gasteiger partial charge in [0.2, 0.25) is 0 Å². The van der Waals surface area contributed by atoms with E-state index in [1.807, 2.05) is 45.0 Å². The van der Waals surface area contributed by atoms with Gasteiger partial charge in [-0.1, -0.05) is 0 Å². The second-order valence-electron chi connectivity index (χ2n) is 7.66. The highest BCUT2D eigenvalue weighted by Gasteiger charge is 2.21. The fourth-order valence-electron chi connectivity index (χ4n) is 3.69. The fraction of sp³-hybridized carbons (Fsp3) is 0.522. The molecule has 0 aliphatic carbocycles. The molecule has 29 heavy (non-hydrogen) atoms. The number of likely N-dealkylation sites (tertiary alicyclic amines) is 1. The highest BCUT2D eigenvalue weighted by atomic mass is 16.5. The molecule has 1 saturated heterocycles. The maximum atomic E-state index is 12.1. The van der Waals surface area contributed by atoms with Gasteiger partial charge in [-0.15, -0.1) is 0 Å². The Bertz CT molecular complexity index is 777.